The monoisotopic (exact) mass is 401 g/mol. The molecule has 0 bridgehead atoms. The maximum Gasteiger partial charge on any atom is 0.416 e. The van der Waals surface area contributed by atoms with Gasteiger partial charge in [0.05, 0.1) is 17.2 Å². The van der Waals surface area contributed by atoms with Crippen LogP contribution in [0.3, 0.4) is 0 Å². The van der Waals surface area contributed by atoms with Crippen LogP contribution >= 0.6 is 0 Å². The fourth-order valence-corrected chi connectivity index (χ4v) is 3.07. The third kappa shape index (κ3) is 5.20. The van der Waals surface area contributed by atoms with Gasteiger partial charge >= 0.3 is 6.18 Å². The number of phenols is 1. The van der Waals surface area contributed by atoms with Gasteiger partial charge in [0.1, 0.15) is 5.75 Å². The number of aromatic hydroxyl groups is 1. The first kappa shape index (κ1) is 22.5. The second kappa shape index (κ2) is 7.59. The van der Waals surface area contributed by atoms with Crippen LogP contribution in [0.25, 0.3) is 11.6 Å². The summed E-state index contributed by atoms with van der Waals surface area (Å²) in [5, 5.41) is 20.4. The van der Waals surface area contributed by atoms with E-state index in [4.69, 9.17) is 0 Å². The number of halogens is 3. The fourth-order valence-electron chi connectivity index (χ4n) is 3.07. The van der Waals surface area contributed by atoms with E-state index in [1.165, 1.54) is 12.1 Å². The lowest BCUT2D eigenvalue weighted by Crippen LogP contribution is -2.17. The molecule has 0 spiro atoms. The smallest absolute Gasteiger partial charge is 0.416 e. The van der Waals surface area contributed by atoms with Crippen molar-refractivity contribution in [2.75, 3.05) is 0 Å². The van der Waals surface area contributed by atoms with Crippen molar-refractivity contribution in [3.63, 3.8) is 0 Å². The summed E-state index contributed by atoms with van der Waals surface area (Å²) in [7, 11) is 0. The third-order valence-corrected chi connectivity index (χ3v) is 4.70. The second-order valence-corrected chi connectivity index (χ2v) is 9.21. The molecule has 0 aliphatic heterocycles. The zero-order chi connectivity index (χ0) is 22.2. The van der Waals surface area contributed by atoms with E-state index in [-0.39, 0.29) is 22.2 Å². The molecule has 0 aliphatic carbocycles. The van der Waals surface area contributed by atoms with Crippen LogP contribution in [0.4, 0.5) is 13.2 Å². The van der Waals surface area contributed by atoms with Gasteiger partial charge < -0.3 is 5.11 Å². The molecule has 2 aromatic rings. The van der Waals surface area contributed by atoms with E-state index in [9.17, 15) is 23.5 Å². The molecule has 0 radical (unpaired) electrons. The first-order valence-electron chi connectivity index (χ1n) is 9.32. The second-order valence-electron chi connectivity index (χ2n) is 9.21. The summed E-state index contributed by atoms with van der Waals surface area (Å²) in [5.74, 6) is 0.232. The summed E-state index contributed by atoms with van der Waals surface area (Å²) in [4.78, 5) is 0. The Morgan fingerprint density at radius 3 is 1.69 bits per heavy atom. The summed E-state index contributed by atoms with van der Waals surface area (Å²) >= 11 is 0. The molecule has 2 rings (SSSR count). The van der Waals surface area contributed by atoms with Crippen molar-refractivity contribution in [3.05, 3.63) is 64.2 Å². The minimum absolute atomic E-state index is 0.232. The van der Waals surface area contributed by atoms with Gasteiger partial charge in [0.25, 0.3) is 0 Å². The number of alkyl halides is 3. The van der Waals surface area contributed by atoms with Gasteiger partial charge in [0, 0.05) is 11.1 Å². The Morgan fingerprint density at radius 2 is 1.34 bits per heavy atom. The molecule has 2 aromatic carbocycles. The molecule has 0 heterocycles. The predicted octanol–water partition coefficient (Wildman–Crippen LogP) is 7.07. The Hall–Kier alpha value is -2.74. The number of hydrogen-bond donors (Lipinski definition) is 1. The van der Waals surface area contributed by atoms with Crippen LogP contribution in [0.5, 0.6) is 5.75 Å². The van der Waals surface area contributed by atoms with Crippen molar-refractivity contribution in [1.82, 2.24) is 0 Å². The Bertz CT molecular complexity index is 929. The number of benzene rings is 2. The summed E-state index contributed by atoms with van der Waals surface area (Å²) in [5.41, 5.74) is 1.47. The number of hydrogen-bond acceptors (Lipinski definition) is 2. The van der Waals surface area contributed by atoms with E-state index in [0.717, 1.165) is 23.3 Å². The highest BCUT2D eigenvalue weighted by Crippen LogP contribution is 2.40. The van der Waals surface area contributed by atoms with E-state index in [1.807, 2.05) is 53.7 Å². The molecule has 2 nitrogen and oxygen atoms in total. The predicted molar refractivity (Wildman–Crippen MR) is 110 cm³/mol. The Kier molecular flexibility index (Phi) is 5.90. The lowest BCUT2D eigenvalue weighted by molar-refractivity contribution is -0.137. The van der Waals surface area contributed by atoms with Crippen molar-refractivity contribution in [2.45, 2.75) is 58.5 Å². The minimum Gasteiger partial charge on any atom is -0.507 e. The third-order valence-electron chi connectivity index (χ3n) is 4.70. The number of nitrogens with zero attached hydrogens (tertiary/aromatic N) is 1. The molecule has 0 aromatic heterocycles. The van der Waals surface area contributed by atoms with E-state index in [0.29, 0.717) is 11.1 Å². The van der Waals surface area contributed by atoms with Crippen molar-refractivity contribution >= 4 is 11.6 Å². The van der Waals surface area contributed by atoms with Gasteiger partial charge in [0.2, 0.25) is 0 Å². The maximum atomic E-state index is 12.8. The zero-order valence-corrected chi connectivity index (χ0v) is 17.6. The first-order valence-corrected chi connectivity index (χ1v) is 9.32. The first-order chi connectivity index (χ1) is 13.1. The summed E-state index contributed by atoms with van der Waals surface area (Å²) in [6.45, 7) is 11.9. The molecule has 0 fully saturated rings. The highest BCUT2D eigenvalue weighted by atomic mass is 19.4. The molecule has 0 aliphatic rings. The molecule has 29 heavy (non-hydrogen) atoms. The van der Waals surface area contributed by atoms with Crippen molar-refractivity contribution in [2.24, 2.45) is 0 Å². The van der Waals surface area contributed by atoms with Crippen LogP contribution in [-0.4, -0.2) is 5.11 Å². The van der Waals surface area contributed by atoms with Gasteiger partial charge in [0.15, 0.2) is 0 Å². The van der Waals surface area contributed by atoms with Crippen LogP contribution in [0, 0.1) is 11.3 Å². The van der Waals surface area contributed by atoms with Gasteiger partial charge in [-0.05, 0) is 52.3 Å². The average molecular weight is 401 g/mol. The summed E-state index contributed by atoms with van der Waals surface area (Å²) in [6, 6.07) is 10.3. The standard InChI is InChI=1S/C24H26F3NO/c1-22(2,3)19-12-15(13-20(21(19)29)23(4,5)6)11-17(14-28)16-7-9-18(10-8-16)24(25,26)27/h7-13,29H,1-6H3/b17-11+. The van der Waals surface area contributed by atoms with E-state index in [1.54, 1.807) is 6.08 Å². The van der Waals surface area contributed by atoms with Crippen LogP contribution in [-0.2, 0) is 17.0 Å². The molecule has 0 saturated heterocycles. The Balaban J connectivity index is 2.63. The largest absolute Gasteiger partial charge is 0.507 e. The van der Waals surface area contributed by atoms with Crippen molar-refractivity contribution in [1.29, 1.82) is 5.26 Å². The lowest BCUT2D eigenvalue weighted by atomic mass is 9.78. The minimum atomic E-state index is -4.42. The molecule has 0 atom stereocenters. The van der Waals surface area contributed by atoms with E-state index in [2.05, 4.69) is 6.07 Å². The molecular formula is C24H26F3NO. The van der Waals surface area contributed by atoms with Gasteiger partial charge in [-0.2, -0.15) is 18.4 Å². The highest BCUT2D eigenvalue weighted by molar-refractivity contribution is 5.90. The van der Waals surface area contributed by atoms with Crippen LogP contribution in [0.1, 0.15) is 69.4 Å². The topological polar surface area (TPSA) is 44.0 Å². The Morgan fingerprint density at radius 1 is 0.897 bits per heavy atom. The summed E-state index contributed by atoms with van der Waals surface area (Å²) < 4.78 is 38.4. The van der Waals surface area contributed by atoms with Gasteiger partial charge in [-0.25, -0.2) is 0 Å². The van der Waals surface area contributed by atoms with E-state index >= 15 is 0 Å². The van der Waals surface area contributed by atoms with Crippen LogP contribution in [0.15, 0.2) is 36.4 Å². The molecule has 0 unspecified atom stereocenters. The van der Waals surface area contributed by atoms with E-state index < -0.39 is 11.7 Å². The van der Waals surface area contributed by atoms with Crippen LogP contribution < -0.4 is 0 Å². The molecule has 1 N–H and O–H groups in total. The number of rotatable bonds is 2. The molecule has 5 heteroatoms. The normalized spacial score (nSPS) is 13.3. The van der Waals surface area contributed by atoms with Crippen LogP contribution in [0.2, 0.25) is 0 Å². The molecule has 0 saturated carbocycles. The Labute approximate surface area is 170 Å². The molecule has 0 amide bonds. The van der Waals surface area contributed by atoms with Gasteiger partial charge in [-0.15, -0.1) is 0 Å². The number of nitriles is 1. The highest BCUT2D eigenvalue weighted by Gasteiger charge is 2.30. The van der Waals surface area contributed by atoms with Crippen molar-refractivity contribution in [3.8, 4) is 11.8 Å². The molecule has 154 valence electrons. The number of allylic oxidation sites excluding steroid dienone is 1. The molecular weight excluding hydrogens is 375 g/mol. The van der Waals surface area contributed by atoms with Crippen molar-refractivity contribution < 1.29 is 18.3 Å². The number of phenolic OH excluding ortho intramolecular Hbond substituents is 1. The zero-order valence-electron chi connectivity index (χ0n) is 17.6. The van der Waals surface area contributed by atoms with Gasteiger partial charge in [-0.1, -0.05) is 53.7 Å². The maximum absolute atomic E-state index is 12.8. The lowest BCUT2D eigenvalue weighted by Gasteiger charge is -2.28. The SMILES string of the molecule is CC(C)(C)c1cc(/C=C(\C#N)c2ccc(C(F)(F)F)cc2)cc(C(C)(C)C)c1O. The quantitative estimate of drug-likeness (QED) is 0.432. The fraction of sp³-hybridized carbons (Fsp3) is 0.375. The average Bonchev–Trinajstić information content (AvgIpc) is 2.58. The summed E-state index contributed by atoms with van der Waals surface area (Å²) in [6.07, 6.45) is -2.78. The van der Waals surface area contributed by atoms with Gasteiger partial charge in [-0.3, -0.25) is 0 Å².